The number of hydrogen-bond donors (Lipinski definition) is 2. The van der Waals surface area contributed by atoms with Gasteiger partial charge >= 0.3 is 0 Å². The lowest BCUT2D eigenvalue weighted by atomic mass is 10.1. The lowest BCUT2D eigenvalue weighted by Gasteiger charge is -2.16. The number of likely N-dealkylation sites (N-methyl/N-ethyl adjacent to an activating group) is 1. The van der Waals surface area contributed by atoms with E-state index in [2.05, 4.69) is 34.5 Å². The highest BCUT2D eigenvalue weighted by Crippen LogP contribution is 2.16. The molecule has 2 aromatic rings. The number of carbonyl (C=O) groups excluding carboxylic acids is 1. The molecule has 0 fully saturated rings. The number of amides is 1. The Morgan fingerprint density at radius 3 is 2.67 bits per heavy atom. The van der Waals surface area contributed by atoms with Crippen LogP contribution in [0.1, 0.15) is 25.8 Å². The van der Waals surface area contributed by atoms with Crippen LogP contribution in [0.25, 0.3) is 11.4 Å². The molecule has 1 aromatic carbocycles. The van der Waals surface area contributed by atoms with E-state index in [1.54, 1.807) is 4.68 Å². The summed E-state index contributed by atoms with van der Waals surface area (Å²) in [5.41, 5.74) is 2.29. The van der Waals surface area contributed by atoms with Crippen LogP contribution < -0.4 is 5.32 Å². The molecule has 1 aromatic heterocycles. The SMILES string of the molecule is CCCNC(=O)CN(C)Cn1[nH]c(-c2ccc(CC)cc2)nc1=S. The van der Waals surface area contributed by atoms with Crippen molar-refractivity contribution in [1.29, 1.82) is 0 Å². The van der Waals surface area contributed by atoms with Crippen LogP contribution in [0.2, 0.25) is 0 Å². The Morgan fingerprint density at radius 2 is 2.04 bits per heavy atom. The molecule has 0 saturated carbocycles. The normalized spacial score (nSPS) is 11.0. The van der Waals surface area contributed by atoms with Crippen molar-refractivity contribution in [2.45, 2.75) is 33.4 Å². The van der Waals surface area contributed by atoms with E-state index in [1.165, 1.54) is 5.56 Å². The molecule has 1 heterocycles. The molecule has 0 unspecified atom stereocenters. The molecule has 0 aliphatic rings. The van der Waals surface area contributed by atoms with E-state index in [-0.39, 0.29) is 5.91 Å². The van der Waals surface area contributed by atoms with Gasteiger partial charge < -0.3 is 5.32 Å². The Hall–Kier alpha value is -1.99. The Labute approximate surface area is 147 Å². The van der Waals surface area contributed by atoms with Crippen molar-refractivity contribution in [2.24, 2.45) is 0 Å². The Balaban J connectivity index is 2.02. The second-order valence-corrected chi connectivity index (χ2v) is 6.20. The molecule has 6 nitrogen and oxygen atoms in total. The molecule has 0 atom stereocenters. The second kappa shape index (κ2) is 8.75. The lowest BCUT2D eigenvalue weighted by molar-refractivity contribution is -0.122. The van der Waals surface area contributed by atoms with Gasteiger partial charge in [-0.3, -0.25) is 14.8 Å². The summed E-state index contributed by atoms with van der Waals surface area (Å²) in [6.45, 7) is 5.67. The first kappa shape index (κ1) is 18.4. The van der Waals surface area contributed by atoms with Crippen LogP contribution in [0, 0.1) is 4.77 Å². The number of H-pyrrole nitrogens is 1. The molecular weight excluding hydrogens is 322 g/mol. The number of aromatic amines is 1. The molecule has 0 aliphatic heterocycles. The van der Waals surface area contributed by atoms with Gasteiger partial charge in [-0.05, 0) is 37.7 Å². The number of carbonyl (C=O) groups is 1. The molecular formula is C17H25N5OS. The van der Waals surface area contributed by atoms with E-state index >= 15 is 0 Å². The third kappa shape index (κ3) is 5.01. The zero-order valence-corrected chi connectivity index (χ0v) is 15.3. The van der Waals surface area contributed by atoms with Crippen LogP contribution in [-0.4, -0.2) is 45.7 Å². The summed E-state index contributed by atoms with van der Waals surface area (Å²) in [6, 6.07) is 8.27. The van der Waals surface area contributed by atoms with Crippen molar-refractivity contribution >= 4 is 18.1 Å². The molecule has 2 N–H and O–H groups in total. The predicted molar refractivity (Wildman–Crippen MR) is 98.2 cm³/mol. The average molecular weight is 347 g/mol. The van der Waals surface area contributed by atoms with Gasteiger partial charge in [0.15, 0.2) is 5.82 Å². The minimum atomic E-state index is 0.0146. The quantitative estimate of drug-likeness (QED) is 0.721. The summed E-state index contributed by atoms with van der Waals surface area (Å²) in [4.78, 5) is 18.1. The molecule has 130 valence electrons. The topological polar surface area (TPSA) is 66.0 Å². The van der Waals surface area contributed by atoms with Crippen LogP contribution in [-0.2, 0) is 17.9 Å². The summed E-state index contributed by atoms with van der Waals surface area (Å²) in [6.07, 6.45) is 1.94. The molecule has 7 heteroatoms. The molecule has 0 saturated heterocycles. The highest BCUT2D eigenvalue weighted by molar-refractivity contribution is 7.71. The monoisotopic (exact) mass is 347 g/mol. The van der Waals surface area contributed by atoms with Crippen molar-refractivity contribution in [1.82, 2.24) is 25.0 Å². The lowest BCUT2D eigenvalue weighted by Crippen LogP contribution is -2.36. The van der Waals surface area contributed by atoms with Gasteiger partial charge in [-0.2, -0.15) is 4.98 Å². The highest BCUT2D eigenvalue weighted by atomic mass is 32.1. The second-order valence-electron chi connectivity index (χ2n) is 5.84. The highest BCUT2D eigenvalue weighted by Gasteiger charge is 2.09. The van der Waals surface area contributed by atoms with E-state index in [9.17, 15) is 4.79 Å². The summed E-state index contributed by atoms with van der Waals surface area (Å²) in [5, 5.41) is 6.07. The standard InChI is InChI=1S/C17H25N5OS/c1-4-10-18-15(23)11-21(3)12-22-17(24)19-16(20-22)14-8-6-13(5-2)7-9-14/h6-9H,4-5,10-12H2,1-3H3,(H,18,23)(H,19,20,24). The van der Waals surface area contributed by atoms with Crippen LogP contribution in [0.15, 0.2) is 24.3 Å². The maximum atomic E-state index is 11.8. The maximum Gasteiger partial charge on any atom is 0.234 e. The summed E-state index contributed by atoms with van der Waals surface area (Å²) < 4.78 is 2.25. The van der Waals surface area contributed by atoms with Crippen LogP contribution in [0.5, 0.6) is 0 Å². The van der Waals surface area contributed by atoms with Gasteiger partial charge in [0.25, 0.3) is 0 Å². The van der Waals surface area contributed by atoms with E-state index in [0.717, 1.165) is 24.2 Å². The fraction of sp³-hybridized carbons (Fsp3) is 0.471. The molecule has 0 radical (unpaired) electrons. The first-order chi connectivity index (χ1) is 11.5. The Kier molecular flexibility index (Phi) is 6.69. The van der Waals surface area contributed by atoms with E-state index in [4.69, 9.17) is 12.2 Å². The molecule has 0 aliphatic carbocycles. The number of hydrogen-bond acceptors (Lipinski definition) is 4. The summed E-state index contributed by atoms with van der Waals surface area (Å²) in [7, 11) is 1.88. The van der Waals surface area contributed by atoms with Gasteiger partial charge in [0.1, 0.15) is 0 Å². The van der Waals surface area contributed by atoms with Gasteiger partial charge in [0, 0.05) is 12.1 Å². The van der Waals surface area contributed by atoms with Crippen molar-refractivity contribution < 1.29 is 4.79 Å². The zero-order chi connectivity index (χ0) is 17.5. The zero-order valence-electron chi connectivity index (χ0n) is 14.5. The largest absolute Gasteiger partial charge is 0.355 e. The smallest absolute Gasteiger partial charge is 0.234 e. The van der Waals surface area contributed by atoms with Gasteiger partial charge in [-0.25, -0.2) is 4.68 Å². The van der Waals surface area contributed by atoms with Crippen molar-refractivity contribution in [3.8, 4) is 11.4 Å². The summed E-state index contributed by atoms with van der Waals surface area (Å²) >= 11 is 5.32. The van der Waals surface area contributed by atoms with Crippen LogP contribution in [0.4, 0.5) is 0 Å². The Morgan fingerprint density at radius 1 is 1.33 bits per heavy atom. The maximum absolute atomic E-state index is 11.8. The first-order valence-electron chi connectivity index (χ1n) is 8.24. The van der Waals surface area contributed by atoms with Gasteiger partial charge in [-0.1, -0.05) is 38.1 Å². The molecule has 24 heavy (non-hydrogen) atoms. The van der Waals surface area contributed by atoms with E-state index < -0.39 is 0 Å². The van der Waals surface area contributed by atoms with Gasteiger partial charge in [0.2, 0.25) is 10.7 Å². The number of aromatic nitrogens is 3. The van der Waals surface area contributed by atoms with Crippen LogP contribution >= 0.6 is 12.2 Å². The minimum absolute atomic E-state index is 0.0146. The summed E-state index contributed by atoms with van der Waals surface area (Å²) in [5.74, 6) is 0.757. The third-order valence-corrected chi connectivity index (χ3v) is 4.00. The molecule has 0 spiro atoms. The van der Waals surface area contributed by atoms with Crippen LogP contribution in [0.3, 0.4) is 0 Å². The molecule has 2 rings (SSSR count). The fourth-order valence-electron chi connectivity index (χ4n) is 2.34. The third-order valence-electron chi connectivity index (χ3n) is 3.68. The number of aryl methyl sites for hydroxylation is 1. The van der Waals surface area contributed by atoms with Gasteiger partial charge in [-0.15, -0.1) is 0 Å². The minimum Gasteiger partial charge on any atom is -0.355 e. The van der Waals surface area contributed by atoms with Crippen molar-refractivity contribution in [3.05, 3.63) is 34.6 Å². The fourth-order valence-corrected chi connectivity index (χ4v) is 2.53. The Bertz CT molecular complexity index is 719. The van der Waals surface area contributed by atoms with E-state index in [0.29, 0.717) is 24.5 Å². The number of rotatable bonds is 8. The number of nitrogens with one attached hydrogen (secondary N) is 2. The van der Waals surface area contributed by atoms with E-state index in [1.807, 2.05) is 31.0 Å². The number of nitrogens with zero attached hydrogens (tertiary/aromatic N) is 3. The average Bonchev–Trinajstić information content (AvgIpc) is 2.93. The molecule has 1 amide bonds. The van der Waals surface area contributed by atoms with Crippen molar-refractivity contribution in [2.75, 3.05) is 20.1 Å². The first-order valence-corrected chi connectivity index (χ1v) is 8.65. The number of benzene rings is 1. The molecule has 0 bridgehead atoms. The van der Waals surface area contributed by atoms with Crippen molar-refractivity contribution in [3.63, 3.8) is 0 Å². The van der Waals surface area contributed by atoms with Gasteiger partial charge in [0.05, 0.1) is 13.2 Å². The predicted octanol–water partition coefficient (Wildman–Crippen LogP) is 2.59.